The molecule has 0 bridgehead atoms. The van der Waals surface area contributed by atoms with Crippen molar-refractivity contribution < 1.29 is 49.3 Å². The van der Waals surface area contributed by atoms with Gasteiger partial charge in [-0.25, -0.2) is 0 Å². The summed E-state index contributed by atoms with van der Waals surface area (Å²) in [7, 11) is 0. The Morgan fingerprint density at radius 2 is 1.01 bits per heavy atom. The molecule has 0 spiro atoms. The fourth-order valence-corrected chi connectivity index (χ4v) is 8.30. The van der Waals surface area contributed by atoms with Crippen LogP contribution in [0.3, 0.4) is 0 Å². The van der Waals surface area contributed by atoms with Gasteiger partial charge < -0.3 is 45.1 Å². The molecular formula is C64H105NO10. The van der Waals surface area contributed by atoms with Crippen molar-refractivity contribution in [2.24, 2.45) is 0 Å². The van der Waals surface area contributed by atoms with Gasteiger partial charge in [-0.05, 0) is 89.9 Å². The van der Waals surface area contributed by atoms with Crippen LogP contribution in [-0.4, -0.2) is 99.6 Å². The number of unbranched alkanes of at least 4 members (excludes halogenated alkanes) is 19. The minimum atomic E-state index is -1.64. The number of carbonyl (C=O) groups excluding carboxylic acids is 2. The number of allylic oxidation sites excluding steroid dienone is 19. The predicted octanol–water partition coefficient (Wildman–Crippen LogP) is 13.5. The molecule has 0 aromatic carbocycles. The number of hydrogen-bond donors (Lipinski definition) is 6. The van der Waals surface area contributed by atoms with E-state index in [1.807, 2.05) is 60.8 Å². The summed E-state index contributed by atoms with van der Waals surface area (Å²) in [5.74, 6) is -1.27. The Bertz CT molecular complexity index is 1680. The molecule has 0 saturated carbocycles. The zero-order valence-corrected chi connectivity index (χ0v) is 46.9. The first kappa shape index (κ1) is 69.1. The lowest BCUT2D eigenvalue weighted by molar-refractivity contribution is -0.305. The average Bonchev–Trinajstić information content (AvgIpc) is 3.41. The van der Waals surface area contributed by atoms with Crippen LogP contribution in [0.15, 0.2) is 122 Å². The summed E-state index contributed by atoms with van der Waals surface area (Å²) in [5, 5.41) is 56.8. The van der Waals surface area contributed by atoms with E-state index in [0.717, 1.165) is 96.3 Å². The van der Waals surface area contributed by atoms with Crippen LogP contribution in [0.25, 0.3) is 0 Å². The highest BCUT2D eigenvalue weighted by Crippen LogP contribution is 2.26. The van der Waals surface area contributed by atoms with E-state index < -0.39 is 67.4 Å². The van der Waals surface area contributed by atoms with Crippen molar-refractivity contribution in [1.29, 1.82) is 0 Å². The molecule has 426 valence electrons. The largest absolute Gasteiger partial charge is 0.454 e. The van der Waals surface area contributed by atoms with Gasteiger partial charge in [0.2, 0.25) is 5.91 Å². The second kappa shape index (κ2) is 50.9. The summed E-state index contributed by atoms with van der Waals surface area (Å²) in [4.78, 5) is 26.5. The number of carbonyl (C=O) groups is 2. The van der Waals surface area contributed by atoms with Crippen molar-refractivity contribution in [2.75, 3.05) is 13.2 Å². The highest BCUT2D eigenvalue weighted by molar-refractivity contribution is 5.80. The van der Waals surface area contributed by atoms with Crippen molar-refractivity contribution in [3.8, 4) is 0 Å². The maximum absolute atomic E-state index is 13.3. The van der Waals surface area contributed by atoms with E-state index in [1.54, 1.807) is 6.08 Å². The van der Waals surface area contributed by atoms with E-state index >= 15 is 0 Å². The Kier molecular flexibility index (Phi) is 46.8. The summed E-state index contributed by atoms with van der Waals surface area (Å²) >= 11 is 0. The SMILES string of the molecule is CC/C=C/C=C/C=C\C=C/C=C/CCCCC(O)C(=O)NC(COC1OC(CO)C(O)C(O)C1OC(=O)CCCCCCC/C=C\C/C=C\C/C=C\C/C=C\CCCCC)C(O)/C=C/CCCCCCCCCCC. The van der Waals surface area contributed by atoms with Gasteiger partial charge in [-0.1, -0.05) is 232 Å². The van der Waals surface area contributed by atoms with Gasteiger partial charge in [0.15, 0.2) is 12.4 Å². The number of hydrogen-bond acceptors (Lipinski definition) is 10. The minimum absolute atomic E-state index is 0.0895. The molecular weight excluding hydrogens is 943 g/mol. The minimum Gasteiger partial charge on any atom is -0.454 e. The molecule has 0 aliphatic carbocycles. The van der Waals surface area contributed by atoms with Crippen LogP contribution >= 0.6 is 0 Å². The normalized spacial score (nSPS) is 20.1. The predicted molar refractivity (Wildman–Crippen MR) is 310 cm³/mol. The first-order valence-corrected chi connectivity index (χ1v) is 29.4. The lowest BCUT2D eigenvalue weighted by atomic mass is 9.99. The molecule has 1 rings (SSSR count). The third-order valence-corrected chi connectivity index (χ3v) is 13.0. The van der Waals surface area contributed by atoms with Gasteiger partial charge in [-0.2, -0.15) is 0 Å². The van der Waals surface area contributed by atoms with Crippen molar-refractivity contribution >= 4 is 11.9 Å². The number of aliphatic hydroxyl groups excluding tert-OH is 5. The highest BCUT2D eigenvalue weighted by atomic mass is 16.7. The molecule has 11 heteroatoms. The quantitative estimate of drug-likeness (QED) is 0.0149. The number of nitrogens with one attached hydrogen (secondary N) is 1. The Morgan fingerprint density at radius 1 is 0.547 bits per heavy atom. The van der Waals surface area contributed by atoms with E-state index in [0.29, 0.717) is 12.8 Å². The smallest absolute Gasteiger partial charge is 0.306 e. The molecule has 6 N–H and O–H groups in total. The molecule has 1 aliphatic heterocycles. The summed E-state index contributed by atoms with van der Waals surface area (Å²) in [6, 6.07) is -1.06. The Labute approximate surface area is 455 Å². The summed E-state index contributed by atoms with van der Waals surface area (Å²) < 4.78 is 17.5. The van der Waals surface area contributed by atoms with Gasteiger partial charge >= 0.3 is 5.97 Å². The molecule has 1 saturated heterocycles. The maximum atomic E-state index is 13.3. The second-order valence-corrected chi connectivity index (χ2v) is 19.8. The Morgan fingerprint density at radius 3 is 1.59 bits per heavy atom. The van der Waals surface area contributed by atoms with Crippen LogP contribution in [0, 0.1) is 0 Å². The molecule has 1 fully saturated rings. The molecule has 0 aromatic rings. The maximum Gasteiger partial charge on any atom is 0.306 e. The molecule has 1 amide bonds. The van der Waals surface area contributed by atoms with E-state index in [1.165, 1.54) is 64.2 Å². The number of ether oxygens (including phenoxy) is 3. The molecule has 1 heterocycles. The van der Waals surface area contributed by atoms with Gasteiger partial charge in [0.25, 0.3) is 0 Å². The van der Waals surface area contributed by atoms with Crippen LogP contribution in [0.1, 0.15) is 207 Å². The fraction of sp³-hybridized carbons (Fsp3) is 0.656. The summed E-state index contributed by atoms with van der Waals surface area (Å²) in [6.45, 7) is 5.54. The summed E-state index contributed by atoms with van der Waals surface area (Å²) in [6.07, 6.45) is 59.5. The van der Waals surface area contributed by atoms with E-state index in [-0.39, 0.29) is 19.4 Å². The van der Waals surface area contributed by atoms with E-state index in [4.69, 9.17) is 14.2 Å². The van der Waals surface area contributed by atoms with Crippen molar-refractivity contribution in [3.63, 3.8) is 0 Å². The molecule has 8 unspecified atom stereocenters. The molecule has 11 nitrogen and oxygen atoms in total. The van der Waals surface area contributed by atoms with E-state index in [2.05, 4.69) is 80.8 Å². The lowest BCUT2D eigenvalue weighted by Crippen LogP contribution is -2.61. The van der Waals surface area contributed by atoms with Gasteiger partial charge in [-0.3, -0.25) is 9.59 Å². The van der Waals surface area contributed by atoms with Crippen LogP contribution in [0.2, 0.25) is 0 Å². The van der Waals surface area contributed by atoms with Crippen LogP contribution in [0.5, 0.6) is 0 Å². The Balaban J connectivity index is 2.73. The van der Waals surface area contributed by atoms with Crippen LogP contribution in [-0.2, 0) is 23.8 Å². The number of rotatable bonds is 47. The lowest BCUT2D eigenvalue weighted by Gasteiger charge is -2.41. The Hall–Kier alpha value is -3.94. The highest BCUT2D eigenvalue weighted by Gasteiger charge is 2.47. The fourth-order valence-electron chi connectivity index (χ4n) is 8.30. The third kappa shape index (κ3) is 39.1. The third-order valence-electron chi connectivity index (χ3n) is 13.0. The first-order chi connectivity index (χ1) is 36.7. The zero-order chi connectivity index (χ0) is 54.7. The topological polar surface area (TPSA) is 175 Å². The molecule has 8 atom stereocenters. The average molecular weight is 1050 g/mol. The number of amides is 1. The van der Waals surface area contributed by atoms with Crippen molar-refractivity contribution in [3.05, 3.63) is 122 Å². The van der Waals surface area contributed by atoms with Crippen LogP contribution < -0.4 is 5.32 Å². The molecule has 0 radical (unpaired) electrons. The van der Waals surface area contributed by atoms with E-state index in [9.17, 15) is 35.1 Å². The molecule has 75 heavy (non-hydrogen) atoms. The monoisotopic (exact) mass is 1050 g/mol. The second-order valence-electron chi connectivity index (χ2n) is 19.8. The summed E-state index contributed by atoms with van der Waals surface area (Å²) in [5.41, 5.74) is 0. The molecule has 0 aromatic heterocycles. The van der Waals surface area contributed by atoms with Gasteiger partial charge in [0, 0.05) is 6.42 Å². The number of esters is 1. The van der Waals surface area contributed by atoms with Gasteiger partial charge in [0.1, 0.15) is 24.4 Å². The molecule has 1 aliphatic rings. The zero-order valence-electron chi connectivity index (χ0n) is 46.9. The van der Waals surface area contributed by atoms with Crippen molar-refractivity contribution in [1.82, 2.24) is 5.32 Å². The van der Waals surface area contributed by atoms with Crippen LogP contribution in [0.4, 0.5) is 0 Å². The number of aliphatic hydroxyl groups is 5. The first-order valence-electron chi connectivity index (χ1n) is 29.4. The van der Waals surface area contributed by atoms with Gasteiger partial charge in [-0.15, -0.1) is 0 Å². The standard InChI is InChI=1S/C64H105NO10/c1-4-7-10-13-16-19-22-24-26-27-28-29-30-31-32-34-37-40-43-46-49-52-59(69)75-62-61(71)60(70)58(53-66)74-64(62)73-54-55(56(67)50-47-44-41-38-35-21-18-15-12-9-6-3)65-63(72)57(68)51-48-45-42-39-36-33-25-23-20-17-14-11-8-5-2/h8,11,14,16-17,19-20,23-26,28-29,31-33,36,39,47,50,55-58,60-62,64,66-68,70-71H,4-7,9-10,12-13,15,18,21-22,27,30,34-35,37-38,40-46,48-49,51-54H2,1-3H3,(H,65,72)/b11-8+,17-14+,19-16-,23-20-,26-24-,29-28-,32-31-,33-25-,39-36+,50-47+. The van der Waals surface area contributed by atoms with Crippen molar-refractivity contribution in [2.45, 2.75) is 256 Å². The van der Waals surface area contributed by atoms with Gasteiger partial charge in [0.05, 0.1) is 25.4 Å².